The molecule has 1 unspecified atom stereocenters. The van der Waals surface area contributed by atoms with Crippen LogP contribution in [0, 0.1) is 0 Å². The molecular weight excluding hydrogens is 592 g/mol. The first-order valence-corrected chi connectivity index (χ1v) is 15.0. The van der Waals surface area contributed by atoms with Gasteiger partial charge in [-0.2, -0.15) is 0 Å². The third-order valence-electron chi connectivity index (χ3n) is 7.50. The molecule has 1 N–H and O–H groups in total. The zero-order chi connectivity index (χ0) is 32.2. The molecule has 45 heavy (non-hydrogen) atoms. The molecule has 0 heterocycles. The molecule has 8 nitrogen and oxygen atoms in total. The summed E-state index contributed by atoms with van der Waals surface area (Å²) in [5.74, 6) is 1.92. The Balaban J connectivity index is 1.61. The highest BCUT2D eigenvalue weighted by Crippen LogP contribution is 2.29. The van der Waals surface area contributed by atoms with Crippen LogP contribution in [0.2, 0.25) is 5.02 Å². The highest BCUT2D eigenvalue weighted by molar-refractivity contribution is 6.30. The maximum atomic E-state index is 14.1. The van der Waals surface area contributed by atoms with Crippen LogP contribution in [0.3, 0.4) is 0 Å². The van der Waals surface area contributed by atoms with E-state index in [-0.39, 0.29) is 24.8 Å². The van der Waals surface area contributed by atoms with Crippen molar-refractivity contribution in [2.24, 2.45) is 0 Å². The zero-order valence-corrected chi connectivity index (χ0v) is 26.8. The normalized spacial score (nSPS) is 11.3. The number of carbonyl (C=O) groups is 2. The summed E-state index contributed by atoms with van der Waals surface area (Å²) in [5.41, 5.74) is 3.52. The number of ether oxygens (including phenoxy) is 4. The first-order chi connectivity index (χ1) is 21.8. The summed E-state index contributed by atoms with van der Waals surface area (Å²) in [4.78, 5) is 29.8. The van der Waals surface area contributed by atoms with E-state index < -0.39 is 6.04 Å². The molecule has 0 aliphatic carbocycles. The Morgan fingerprint density at radius 3 is 1.84 bits per heavy atom. The van der Waals surface area contributed by atoms with Gasteiger partial charge in [0.1, 0.15) is 6.04 Å². The molecule has 0 saturated carbocycles. The molecule has 0 spiro atoms. The quantitative estimate of drug-likeness (QED) is 0.176. The summed E-state index contributed by atoms with van der Waals surface area (Å²) < 4.78 is 21.6. The number of nitrogens with zero attached hydrogens (tertiary/aromatic N) is 1. The molecule has 0 bridgehead atoms. The summed E-state index contributed by atoms with van der Waals surface area (Å²) in [6.45, 7) is 0.599. The summed E-state index contributed by atoms with van der Waals surface area (Å²) in [5, 5.41) is 3.68. The van der Waals surface area contributed by atoms with Gasteiger partial charge in [-0.3, -0.25) is 9.59 Å². The van der Waals surface area contributed by atoms with E-state index in [1.165, 1.54) is 0 Å². The molecule has 236 valence electrons. The highest BCUT2D eigenvalue weighted by atomic mass is 35.5. The number of amides is 2. The molecule has 0 fully saturated rings. The second-order valence-corrected chi connectivity index (χ2v) is 10.9. The molecule has 2 amide bonds. The van der Waals surface area contributed by atoms with Gasteiger partial charge in [-0.25, -0.2) is 0 Å². The minimum absolute atomic E-state index is 0.0676. The first-order valence-electron chi connectivity index (χ1n) is 14.6. The maximum absolute atomic E-state index is 14.1. The summed E-state index contributed by atoms with van der Waals surface area (Å²) in [7, 11) is 6.30. The predicted octanol–water partition coefficient (Wildman–Crippen LogP) is 5.92. The third kappa shape index (κ3) is 9.16. The van der Waals surface area contributed by atoms with Crippen molar-refractivity contribution >= 4 is 23.4 Å². The maximum Gasteiger partial charge on any atom is 0.243 e. The molecule has 0 saturated heterocycles. The van der Waals surface area contributed by atoms with Gasteiger partial charge in [-0.05, 0) is 65.1 Å². The standard InChI is InChI=1S/C36H39ClN2O6/c1-42-31-16-12-26(21-33(31)44-3)18-19-38-36(41)30(20-25-8-6-5-7-9-25)39(24-27-10-14-29(37)15-11-27)35(40)23-28-13-17-32(43-2)34(22-28)45-4/h5-17,21-22,30H,18-20,23-24H2,1-4H3,(H,38,41). The van der Waals surface area contributed by atoms with Crippen LogP contribution < -0.4 is 24.3 Å². The number of hydrogen-bond acceptors (Lipinski definition) is 6. The molecule has 1 atom stereocenters. The van der Waals surface area contributed by atoms with Crippen LogP contribution >= 0.6 is 11.6 Å². The van der Waals surface area contributed by atoms with E-state index in [9.17, 15) is 9.59 Å². The molecule has 4 aromatic carbocycles. The van der Waals surface area contributed by atoms with Crippen LogP contribution in [0.4, 0.5) is 0 Å². The van der Waals surface area contributed by atoms with Crippen molar-refractivity contribution in [3.8, 4) is 23.0 Å². The second kappa shape index (κ2) is 16.4. The molecule has 0 radical (unpaired) electrons. The molecule has 0 aliphatic heterocycles. The number of methoxy groups -OCH3 is 4. The van der Waals surface area contributed by atoms with Gasteiger partial charge in [0.05, 0.1) is 34.9 Å². The van der Waals surface area contributed by atoms with Crippen molar-refractivity contribution < 1.29 is 28.5 Å². The number of hydrogen-bond donors (Lipinski definition) is 1. The predicted molar refractivity (Wildman–Crippen MR) is 175 cm³/mol. The Morgan fingerprint density at radius 1 is 0.689 bits per heavy atom. The Morgan fingerprint density at radius 2 is 1.24 bits per heavy atom. The smallest absolute Gasteiger partial charge is 0.243 e. The average Bonchev–Trinajstić information content (AvgIpc) is 3.07. The van der Waals surface area contributed by atoms with Gasteiger partial charge in [0.25, 0.3) is 0 Å². The fourth-order valence-electron chi connectivity index (χ4n) is 5.09. The first kappa shape index (κ1) is 33.2. The van der Waals surface area contributed by atoms with Crippen molar-refractivity contribution in [3.63, 3.8) is 0 Å². The van der Waals surface area contributed by atoms with Crippen LogP contribution in [-0.4, -0.2) is 57.7 Å². The van der Waals surface area contributed by atoms with E-state index >= 15 is 0 Å². The van der Waals surface area contributed by atoms with E-state index in [4.69, 9.17) is 30.5 Å². The van der Waals surface area contributed by atoms with Gasteiger partial charge in [-0.15, -0.1) is 0 Å². The molecule has 9 heteroatoms. The van der Waals surface area contributed by atoms with E-state index in [1.54, 1.807) is 57.6 Å². The van der Waals surface area contributed by atoms with Gasteiger partial charge >= 0.3 is 0 Å². The Labute approximate surface area is 269 Å². The van der Waals surface area contributed by atoms with Crippen molar-refractivity contribution in [2.45, 2.75) is 31.8 Å². The lowest BCUT2D eigenvalue weighted by atomic mass is 10.0. The van der Waals surface area contributed by atoms with Crippen LogP contribution in [0.25, 0.3) is 0 Å². The number of carbonyl (C=O) groups excluding carboxylic acids is 2. The van der Waals surface area contributed by atoms with Crippen molar-refractivity contribution in [1.29, 1.82) is 0 Å². The van der Waals surface area contributed by atoms with E-state index in [1.807, 2.05) is 66.7 Å². The monoisotopic (exact) mass is 630 g/mol. The van der Waals surface area contributed by atoms with Crippen LogP contribution in [0.1, 0.15) is 22.3 Å². The largest absolute Gasteiger partial charge is 0.493 e. The lowest BCUT2D eigenvalue weighted by Gasteiger charge is -2.32. The number of rotatable bonds is 15. The van der Waals surface area contributed by atoms with Crippen LogP contribution in [0.15, 0.2) is 91.0 Å². The topological polar surface area (TPSA) is 86.3 Å². The number of halogens is 1. The molecular formula is C36H39ClN2O6. The molecule has 0 aromatic heterocycles. The van der Waals surface area contributed by atoms with Crippen molar-refractivity contribution in [1.82, 2.24) is 10.2 Å². The van der Waals surface area contributed by atoms with Crippen molar-refractivity contribution in [3.05, 3.63) is 118 Å². The number of benzene rings is 4. The summed E-state index contributed by atoms with van der Waals surface area (Å²) >= 11 is 6.15. The van der Waals surface area contributed by atoms with E-state index in [2.05, 4.69) is 5.32 Å². The van der Waals surface area contributed by atoms with Crippen LogP contribution in [-0.2, 0) is 35.4 Å². The average molecular weight is 631 g/mol. The Bertz CT molecular complexity index is 1560. The van der Waals surface area contributed by atoms with Gasteiger partial charge in [0, 0.05) is 24.5 Å². The van der Waals surface area contributed by atoms with Gasteiger partial charge in [0.15, 0.2) is 23.0 Å². The lowest BCUT2D eigenvalue weighted by molar-refractivity contribution is -0.140. The Hall–Kier alpha value is -4.69. The fourth-order valence-corrected chi connectivity index (χ4v) is 5.22. The molecule has 4 rings (SSSR count). The minimum Gasteiger partial charge on any atom is -0.493 e. The third-order valence-corrected chi connectivity index (χ3v) is 7.75. The molecule has 0 aliphatic rings. The highest BCUT2D eigenvalue weighted by Gasteiger charge is 2.30. The van der Waals surface area contributed by atoms with Crippen LogP contribution in [0.5, 0.6) is 23.0 Å². The lowest BCUT2D eigenvalue weighted by Crippen LogP contribution is -2.51. The SMILES string of the molecule is COc1ccc(CCNC(=O)C(Cc2ccccc2)N(Cc2ccc(Cl)cc2)C(=O)Cc2ccc(OC)c(OC)c2)cc1OC. The minimum atomic E-state index is -0.777. The Kier molecular flexibility index (Phi) is 12.1. The van der Waals surface area contributed by atoms with Gasteiger partial charge in [0.2, 0.25) is 11.8 Å². The fraction of sp³-hybridized carbons (Fsp3) is 0.278. The van der Waals surface area contributed by atoms with E-state index in [0.29, 0.717) is 47.4 Å². The molecule has 4 aromatic rings. The van der Waals surface area contributed by atoms with Crippen molar-refractivity contribution in [2.75, 3.05) is 35.0 Å². The van der Waals surface area contributed by atoms with Gasteiger partial charge in [-0.1, -0.05) is 66.2 Å². The zero-order valence-electron chi connectivity index (χ0n) is 26.0. The second-order valence-electron chi connectivity index (χ2n) is 10.5. The summed E-state index contributed by atoms with van der Waals surface area (Å²) in [6, 6.07) is 27.3. The van der Waals surface area contributed by atoms with Gasteiger partial charge < -0.3 is 29.2 Å². The van der Waals surface area contributed by atoms with E-state index in [0.717, 1.165) is 22.3 Å². The number of nitrogens with one attached hydrogen (secondary N) is 1. The summed E-state index contributed by atoms with van der Waals surface area (Å²) in [6.07, 6.45) is 0.980.